The summed E-state index contributed by atoms with van der Waals surface area (Å²) in [5.41, 5.74) is 1.15. The van der Waals surface area contributed by atoms with Gasteiger partial charge in [0.25, 0.3) is 0 Å². The van der Waals surface area contributed by atoms with Crippen LogP contribution in [0.2, 0.25) is 0 Å². The fraction of sp³-hybridized carbons (Fsp3) is 0.375. The third-order valence-electron chi connectivity index (χ3n) is 1.21. The van der Waals surface area contributed by atoms with Gasteiger partial charge in [-0.15, -0.1) is 0 Å². The first-order valence-corrected chi connectivity index (χ1v) is 3.05. The van der Waals surface area contributed by atoms with Gasteiger partial charge in [0, 0.05) is 39.0 Å². The van der Waals surface area contributed by atoms with Gasteiger partial charge in [0.1, 0.15) is 0 Å². The molecule has 0 aromatic carbocycles. The molecule has 0 aliphatic carbocycles. The van der Waals surface area contributed by atoms with Crippen molar-refractivity contribution in [1.82, 2.24) is 4.98 Å². The zero-order valence-corrected chi connectivity index (χ0v) is 9.62. The minimum Gasteiger partial charge on any atom is -0.543 e. The minimum atomic E-state index is 0. The second kappa shape index (κ2) is 7.07. The second-order valence-corrected chi connectivity index (χ2v) is 2.30. The maximum atomic E-state index is 3.76. The summed E-state index contributed by atoms with van der Waals surface area (Å²) in [5, 5.41) is 0. The first kappa shape index (κ1) is 14.0. The monoisotopic (exact) mass is 325 g/mol. The van der Waals surface area contributed by atoms with Crippen LogP contribution in [0.1, 0.15) is 25.3 Å². The molecule has 0 unspecified atom stereocenters. The van der Waals surface area contributed by atoms with E-state index in [4.69, 9.17) is 0 Å². The molecule has 1 aromatic rings. The van der Waals surface area contributed by atoms with Crippen molar-refractivity contribution >= 4 is 0 Å². The van der Waals surface area contributed by atoms with Crippen molar-refractivity contribution in [3.63, 3.8) is 0 Å². The second-order valence-electron chi connectivity index (χ2n) is 2.30. The van der Waals surface area contributed by atoms with Crippen molar-refractivity contribution in [3.05, 3.63) is 30.1 Å². The van der Waals surface area contributed by atoms with E-state index >= 15 is 0 Å². The molecule has 1 heterocycles. The average Bonchev–Trinajstić information content (AvgIpc) is 1.90. The van der Waals surface area contributed by atoms with Crippen LogP contribution in [-0.2, 0) is 39.0 Å². The van der Waals surface area contributed by atoms with Crippen LogP contribution in [0.25, 0.3) is 0 Å². The van der Waals surface area contributed by atoms with Gasteiger partial charge in [0.15, 0.2) is 0 Å². The molecule has 0 aliphatic rings. The molecule has 2 radical (unpaired) electrons. The van der Waals surface area contributed by atoms with E-state index < -0.39 is 0 Å². The fourth-order valence-corrected chi connectivity index (χ4v) is 0.620. The van der Waals surface area contributed by atoms with Crippen LogP contribution in [0.15, 0.2) is 12.1 Å². The van der Waals surface area contributed by atoms with Gasteiger partial charge in [-0.25, -0.2) is 0 Å². The zero-order valence-electron chi connectivity index (χ0n) is 6.35. The van der Waals surface area contributed by atoms with Gasteiger partial charge >= 0.3 is 0 Å². The van der Waals surface area contributed by atoms with Crippen LogP contribution in [0.5, 0.6) is 0 Å². The number of hydrogen-bond acceptors (Lipinski definition) is 1. The van der Waals surface area contributed by atoms with E-state index in [1.807, 2.05) is 12.1 Å². The molecule has 0 saturated heterocycles. The van der Waals surface area contributed by atoms with E-state index in [0.717, 1.165) is 5.56 Å². The predicted molar refractivity (Wildman–Crippen MR) is 36.0 cm³/mol. The molecule has 0 amide bonds. The summed E-state index contributed by atoms with van der Waals surface area (Å²) in [6, 6.07) is 3.80. The number of aromatic nitrogens is 1. The summed E-state index contributed by atoms with van der Waals surface area (Å²) in [6.07, 6.45) is 5.54. The average molecular weight is 325 g/mol. The van der Waals surface area contributed by atoms with Gasteiger partial charge in [0.05, 0.1) is 0 Å². The number of pyridine rings is 1. The van der Waals surface area contributed by atoms with Gasteiger partial charge in [-0.2, -0.15) is 0 Å². The maximum Gasteiger partial charge on any atom is 0 e. The fourth-order valence-electron chi connectivity index (χ4n) is 0.620. The normalized spacial score (nSPS) is 8.27. The standard InChI is InChI=1S/C8H9N.2Rh/c1-7(2)8-4-3-5-9-6-8;;/h3-4,7H,1-2H3;;/q-2;;. The molecule has 3 heteroatoms. The first-order chi connectivity index (χ1) is 4.30. The van der Waals surface area contributed by atoms with Crippen LogP contribution < -0.4 is 0 Å². The van der Waals surface area contributed by atoms with Gasteiger partial charge in [-0.1, -0.05) is 19.8 Å². The van der Waals surface area contributed by atoms with Crippen molar-refractivity contribution < 1.29 is 39.0 Å². The Morgan fingerprint density at radius 1 is 1.36 bits per heavy atom. The van der Waals surface area contributed by atoms with E-state index in [-0.39, 0.29) is 39.0 Å². The molecular formula is C8H9NRh2-2. The van der Waals surface area contributed by atoms with E-state index in [0.29, 0.717) is 5.92 Å². The molecule has 0 atom stereocenters. The summed E-state index contributed by atoms with van der Waals surface area (Å²) in [4.78, 5) is 3.76. The topological polar surface area (TPSA) is 12.9 Å². The Kier molecular flexibility index (Phi) is 8.96. The molecule has 1 nitrogen and oxygen atoms in total. The van der Waals surface area contributed by atoms with Gasteiger partial charge < -0.3 is 4.98 Å². The summed E-state index contributed by atoms with van der Waals surface area (Å²) < 4.78 is 0. The van der Waals surface area contributed by atoms with Gasteiger partial charge in [0.2, 0.25) is 0 Å². The van der Waals surface area contributed by atoms with Crippen LogP contribution in [0.4, 0.5) is 0 Å². The molecule has 0 bridgehead atoms. The summed E-state index contributed by atoms with van der Waals surface area (Å²) in [7, 11) is 0. The maximum absolute atomic E-state index is 3.76. The van der Waals surface area contributed by atoms with Gasteiger partial charge in [-0.05, 0) is 0 Å². The Labute approximate surface area is 93.5 Å². The quantitative estimate of drug-likeness (QED) is 0.567. The van der Waals surface area contributed by atoms with Crippen molar-refractivity contribution in [2.75, 3.05) is 0 Å². The Balaban J connectivity index is 0. The van der Waals surface area contributed by atoms with Crippen LogP contribution in [-0.4, -0.2) is 4.98 Å². The Hall–Kier alpha value is 0.397. The van der Waals surface area contributed by atoms with E-state index in [1.54, 1.807) is 0 Å². The van der Waals surface area contributed by atoms with Crippen molar-refractivity contribution in [2.45, 2.75) is 19.8 Å². The summed E-state index contributed by atoms with van der Waals surface area (Å²) in [5.74, 6) is 0.520. The van der Waals surface area contributed by atoms with Crippen molar-refractivity contribution in [2.24, 2.45) is 0 Å². The molecule has 0 N–H and O–H groups in total. The summed E-state index contributed by atoms with van der Waals surface area (Å²) >= 11 is 0. The Bertz CT molecular complexity index is 175. The van der Waals surface area contributed by atoms with E-state index in [1.165, 1.54) is 0 Å². The predicted octanol–water partition coefficient (Wildman–Crippen LogP) is 1.80. The van der Waals surface area contributed by atoms with E-state index in [2.05, 4.69) is 31.2 Å². The molecule has 11 heavy (non-hydrogen) atoms. The van der Waals surface area contributed by atoms with E-state index in [9.17, 15) is 0 Å². The molecule has 0 fully saturated rings. The summed E-state index contributed by atoms with van der Waals surface area (Å²) in [6.45, 7) is 4.24. The molecule has 1 aromatic heterocycles. The Morgan fingerprint density at radius 2 is 2.00 bits per heavy atom. The third kappa shape index (κ3) is 4.77. The SMILES string of the molecule is CC(C)c1[c-]n[c-]cc1.[Rh].[Rh]. The molecule has 0 aliphatic heterocycles. The molecular weight excluding hydrogens is 316 g/mol. The smallest absolute Gasteiger partial charge is 0 e. The minimum absolute atomic E-state index is 0. The molecule has 0 saturated carbocycles. The molecule has 66 valence electrons. The number of hydrogen-bond donors (Lipinski definition) is 0. The largest absolute Gasteiger partial charge is 0.543 e. The van der Waals surface area contributed by atoms with Crippen LogP contribution in [0.3, 0.4) is 0 Å². The van der Waals surface area contributed by atoms with Gasteiger partial charge in [-0.3, -0.25) is 30.1 Å². The Morgan fingerprint density at radius 3 is 2.27 bits per heavy atom. The first-order valence-electron chi connectivity index (χ1n) is 3.05. The molecule has 0 spiro atoms. The number of rotatable bonds is 1. The zero-order chi connectivity index (χ0) is 6.69. The van der Waals surface area contributed by atoms with Crippen LogP contribution in [0, 0.1) is 12.4 Å². The number of nitrogens with zero attached hydrogens (tertiary/aromatic N) is 1. The molecule has 1 rings (SSSR count). The van der Waals surface area contributed by atoms with Crippen LogP contribution >= 0.6 is 0 Å². The van der Waals surface area contributed by atoms with Crippen molar-refractivity contribution in [3.8, 4) is 0 Å². The third-order valence-corrected chi connectivity index (χ3v) is 1.21. The van der Waals surface area contributed by atoms with Crippen molar-refractivity contribution in [1.29, 1.82) is 0 Å².